The van der Waals surface area contributed by atoms with Crippen LogP contribution in [0.25, 0.3) is 0 Å². The molecule has 0 unspecified atom stereocenters. The first kappa shape index (κ1) is 40.7. The van der Waals surface area contributed by atoms with E-state index < -0.39 is 72.8 Å². The van der Waals surface area contributed by atoms with Crippen molar-refractivity contribution in [2.45, 2.75) is 154 Å². The second-order valence-electron chi connectivity index (χ2n) is 17.5. The van der Waals surface area contributed by atoms with E-state index in [0.717, 1.165) is 0 Å². The third kappa shape index (κ3) is 8.96. The summed E-state index contributed by atoms with van der Waals surface area (Å²) in [5, 5.41) is 22.3. The molecular formula is C33H59NO11Si3. The van der Waals surface area contributed by atoms with Crippen LogP contribution in [0.15, 0.2) is 18.2 Å². The van der Waals surface area contributed by atoms with Crippen LogP contribution < -0.4 is 4.74 Å². The van der Waals surface area contributed by atoms with Crippen LogP contribution in [0.5, 0.6) is 5.75 Å². The molecule has 274 valence electrons. The quantitative estimate of drug-likeness (QED) is 0.134. The van der Waals surface area contributed by atoms with Gasteiger partial charge < -0.3 is 37.3 Å². The van der Waals surface area contributed by atoms with E-state index in [9.17, 15) is 20.0 Å². The molecule has 0 saturated carbocycles. The minimum Gasteiger partial charge on any atom is -0.479 e. The average Bonchev–Trinajstić information content (AvgIpc) is 3.44. The third-order valence-corrected chi connectivity index (χ3v) is 24.2. The van der Waals surface area contributed by atoms with Gasteiger partial charge in [0.25, 0.3) is 0 Å². The van der Waals surface area contributed by atoms with Gasteiger partial charge in [0.05, 0.1) is 18.1 Å². The molecule has 1 N–H and O–H groups in total. The van der Waals surface area contributed by atoms with Gasteiger partial charge in [0.1, 0.15) is 18.3 Å². The predicted molar refractivity (Wildman–Crippen MR) is 191 cm³/mol. The first-order valence-electron chi connectivity index (χ1n) is 16.7. The molecule has 5 atom stereocenters. The largest absolute Gasteiger partial charge is 0.479 e. The van der Waals surface area contributed by atoms with Crippen molar-refractivity contribution in [3.63, 3.8) is 0 Å². The topological polar surface area (TPSA) is 145 Å². The number of carbonyl (C=O) groups is 1. The number of nitrogens with zero attached hydrogens (tertiary/aromatic N) is 1. The summed E-state index contributed by atoms with van der Waals surface area (Å²) >= 11 is 0. The van der Waals surface area contributed by atoms with E-state index >= 15 is 0 Å². The Balaban J connectivity index is 2.25. The lowest BCUT2D eigenvalue weighted by atomic mass is 9.99. The fourth-order valence-electron chi connectivity index (χ4n) is 4.64. The zero-order valence-electron chi connectivity index (χ0n) is 31.6. The highest BCUT2D eigenvalue weighted by atomic mass is 28.4. The van der Waals surface area contributed by atoms with Crippen molar-refractivity contribution in [1.29, 1.82) is 0 Å². The maximum atomic E-state index is 13.1. The molecular weight excluding hydrogens is 671 g/mol. The Morgan fingerprint density at radius 2 is 1.23 bits per heavy atom. The van der Waals surface area contributed by atoms with E-state index in [-0.39, 0.29) is 26.6 Å². The maximum Gasteiger partial charge on any atom is 0.335 e. The van der Waals surface area contributed by atoms with Crippen molar-refractivity contribution in [1.82, 2.24) is 0 Å². The Hall–Kier alpha value is -1.70. The molecule has 48 heavy (non-hydrogen) atoms. The Morgan fingerprint density at radius 1 is 0.792 bits per heavy atom. The monoisotopic (exact) mass is 729 g/mol. The van der Waals surface area contributed by atoms with Gasteiger partial charge in [-0.3, -0.25) is 10.1 Å². The minimum atomic E-state index is -2.63. The summed E-state index contributed by atoms with van der Waals surface area (Å²) in [5.74, 6) is -1.35. The molecule has 2 aliphatic heterocycles. The summed E-state index contributed by atoms with van der Waals surface area (Å²) in [6, 6.07) is 4.44. The number of nitro groups is 1. The van der Waals surface area contributed by atoms with Crippen LogP contribution >= 0.6 is 0 Å². The number of ether oxygens (including phenoxy) is 4. The average molecular weight is 730 g/mol. The molecule has 1 aromatic rings. The molecule has 0 aromatic heterocycles. The highest BCUT2D eigenvalue weighted by Crippen LogP contribution is 2.46. The molecule has 0 radical (unpaired) electrons. The van der Waals surface area contributed by atoms with Crippen LogP contribution in [-0.2, 0) is 32.3 Å². The van der Waals surface area contributed by atoms with Crippen molar-refractivity contribution in [2.75, 3.05) is 13.2 Å². The lowest BCUT2D eigenvalue weighted by Gasteiger charge is -2.53. The van der Waals surface area contributed by atoms with E-state index in [1.807, 2.05) is 0 Å². The van der Waals surface area contributed by atoms with E-state index in [1.54, 1.807) is 6.07 Å². The summed E-state index contributed by atoms with van der Waals surface area (Å²) in [6.07, 6.45) is -6.56. The maximum absolute atomic E-state index is 13.1. The van der Waals surface area contributed by atoms with Crippen molar-refractivity contribution >= 4 is 36.6 Å². The summed E-state index contributed by atoms with van der Waals surface area (Å²) in [5.41, 5.74) is 0.130. The summed E-state index contributed by atoms with van der Waals surface area (Å²) in [7, 11) is -7.87. The predicted octanol–water partition coefficient (Wildman–Crippen LogP) is 8.00. The van der Waals surface area contributed by atoms with Crippen molar-refractivity contribution in [3.05, 3.63) is 33.9 Å². The van der Waals surface area contributed by atoms with Crippen molar-refractivity contribution in [3.8, 4) is 5.75 Å². The van der Waals surface area contributed by atoms with Crippen molar-refractivity contribution in [2.24, 2.45) is 0 Å². The van der Waals surface area contributed by atoms with Crippen LogP contribution in [0.4, 0.5) is 5.69 Å². The first-order valence-corrected chi connectivity index (χ1v) is 25.4. The molecule has 2 aliphatic rings. The number of hydrogen-bond acceptors (Lipinski definition) is 10. The smallest absolute Gasteiger partial charge is 0.335 e. The van der Waals surface area contributed by atoms with Gasteiger partial charge in [-0.25, -0.2) is 4.79 Å². The van der Waals surface area contributed by atoms with Gasteiger partial charge in [-0.05, 0) is 66.5 Å². The number of nitro benzene ring substituents is 1. The van der Waals surface area contributed by atoms with Gasteiger partial charge in [0, 0.05) is 11.6 Å². The Bertz CT molecular complexity index is 1310. The molecule has 2 saturated heterocycles. The molecule has 0 spiro atoms. The first-order chi connectivity index (χ1) is 21.6. The lowest BCUT2D eigenvalue weighted by molar-refractivity contribution is -0.387. The minimum absolute atomic E-state index is 0.102. The molecule has 12 nitrogen and oxygen atoms in total. The van der Waals surface area contributed by atoms with Gasteiger partial charge in [0.2, 0.25) is 6.29 Å². The SMILES string of the molecule is CC(C)(C)[Si](C)(C)O[C@H]1[C@@H](O[Si](C)(C)C(C)(C)C)[C@@H](C(=O)O)O[C@@H](Oc2ccc(C3OCCO3)cc2[N+](=O)[O-])[C@@H]1O[Si](C)(C)C(C)(C)C. The van der Waals surface area contributed by atoms with E-state index in [0.29, 0.717) is 18.8 Å². The number of carboxylic acids is 1. The fourth-order valence-corrected chi connectivity index (χ4v) is 8.52. The van der Waals surface area contributed by atoms with E-state index in [4.69, 9.17) is 32.2 Å². The number of aliphatic carboxylic acids is 1. The van der Waals surface area contributed by atoms with Crippen LogP contribution in [0.3, 0.4) is 0 Å². The number of carboxylic acid groups (broad SMARTS) is 1. The van der Waals surface area contributed by atoms with Gasteiger partial charge in [-0.1, -0.05) is 62.3 Å². The molecule has 0 bridgehead atoms. The standard InChI is InChI=1S/C33H59NO11Si3/c1-31(2,3)46(10,11)43-24-25(44-47(12,13)32(4,5)6)27(45-48(14,15)33(7,8)9)30(42-26(24)28(35)36)41-23-17-16-21(20-22(23)34(37)38)29-39-18-19-40-29/h16-17,20,24-27,29-30H,18-19H2,1-15H3,(H,35,36)/t24-,25+,26+,27-,30-/m1/s1. The van der Waals surface area contributed by atoms with Crippen LogP contribution in [0.1, 0.15) is 74.2 Å². The Labute approximate surface area is 289 Å². The summed E-state index contributed by atoms with van der Waals surface area (Å²) in [4.78, 5) is 24.9. The molecule has 1 aromatic carbocycles. The molecule has 2 heterocycles. The number of rotatable bonds is 11. The van der Waals surface area contributed by atoms with Crippen LogP contribution in [-0.4, -0.2) is 84.9 Å². The van der Waals surface area contributed by atoms with E-state index in [2.05, 4.69) is 102 Å². The second kappa shape index (κ2) is 14.1. The van der Waals surface area contributed by atoms with Crippen LogP contribution in [0, 0.1) is 10.1 Å². The van der Waals surface area contributed by atoms with Gasteiger partial charge >= 0.3 is 11.7 Å². The lowest BCUT2D eigenvalue weighted by Crippen LogP contribution is -2.69. The second-order valence-corrected chi connectivity index (χ2v) is 31.7. The van der Waals surface area contributed by atoms with Gasteiger partial charge in [-0.15, -0.1) is 0 Å². The normalized spacial score (nSPS) is 25.3. The molecule has 0 amide bonds. The Morgan fingerprint density at radius 3 is 1.65 bits per heavy atom. The summed E-state index contributed by atoms with van der Waals surface area (Å²) in [6.45, 7) is 32.1. The highest BCUT2D eigenvalue weighted by Gasteiger charge is 2.59. The highest BCUT2D eigenvalue weighted by molar-refractivity contribution is 6.75. The van der Waals surface area contributed by atoms with Crippen molar-refractivity contribution < 1.29 is 47.0 Å². The van der Waals surface area contributed by atoms with Crippen LogP contribution in [0.2, 0.25) is 54.4 Å². The third-order valence-electron chi connectivity index (χ3n) is 10.8. The zero-order valence-corrected chi connectivity index (χ0v) is 34.6. The molecule has 3 rings (SSSR count). The summed E-state index contributed by atoms with van der Waals surface area (Å²) < 4.78 is 45.0. The molecule has 15 heteroatoms. The van der Waals surface area contributed by atoms with E-state index in [1.165, 1.54) is 12.1 Å². The van der Waals surface area contributed by atoms with Gasteiger partial charge in [-0.2, -0.15) is 0 Å². The number of hydrogen-bond donors (Lipinski definition) is 1. The molecule has 0 aliphatic carbocycles. The fraction of sp³-hybridized carbons (Fsp3) is 0.788. The molecule has 2 fully saturated rings. The number of benzene rings is 1. The van der Waals surface area contributed by atoms with Gasteiger partial charge in [0.15, 0.2) is 43.1 Å². The zero-order chi connectivity index (χ0) is 36.8. The Kier molecular flexibility index (Phi) is 12.0.